The van der Waals surface area contributed by atoms with E-state index >= 15 is 0 Å². The summed E-state index contributed by atoms with van der Waals surface area (Å²) in [6.07, 6.45) is 1.84. The number of ether oxygens (including phenoxy) is 1. The van der Waals surface area contributed by atoms with E-state index in [0.29, 0.717) is 23.7 Å². The number of amides is 1. The lowest BCUT2D eigenvalue weighted by atomic mass is 10.1. The maximum Gasteiger partial charge on any atom is 0.230 e. The number of pyridine rings is 1. The number of carbonyl (C=O) groups excluding carboxylic acids is 1. The van der Waals surface area contributed by atoms with Crippen LogP contribution in [0.4, 0.5) is 5.69 Å². The fraction of sp³-hybridized carbons (Fsp3) is 0.538. The van der Waals surface area contributed by atoms with Crippen LogP contribution in [0.2, 0.25) is 0 Å². The highest BCUT2D eigenvalue weighted by Crippen LogP contribution is 2.27. The predicted molar refractivity (Wildman–Crippen MR) is 67.5 cm³/mol. The zero-order valence-electron chi connectivity index (χ0n) is 10.6. The SMILES string of the molecule is COc1ccc(NC(=O)C2CCCC2O)c(C)n1. The van der Waals surface area contributed by atoms with Crippen LogP contribution in [0.25, 0.3) is 0 Å². The Morgan fingerprint density at radius 2 is 2.28 bits per heavy atom. The number of rotatable bonds is 3. The minimum atomic E-state index is -0.517. The molecule has 0 radical (unpaired) electrons. The zero-order chi connectivity index (χ0) is 13.1. The van der Waals surface area contributed by atoms with Gasteiger partial charge in [0.1, 0.15) is 0 Å². The monoisotopic (exact) mass is 250 g/mol. The first-order valence-corrected chi connectivity index (χ1v) is 6.12. The first-order valence-electron chi connectivity index (χ1n) is 6.12. The summed E-state index contributed by atoms with van der Waals surface area (Å²) >= 11 is 0. The largest absolute Gasteiger partial charge is 0.481 e. The molecule has 1 aromatic rings. The van der Waals surface area contributed by atoms with Crippen LogP contribution in [0.5, 0.6) is 5.88 Å². The van der Waals surface area contributed by atoms with Crippen molar-refractivity contribution in [2.75, 3.05) is 12.4 Å². The molecule has 0 spiro atoms. The van der Waals surface area contributed by atoms with E-state index < -0.39 is 6.10 Å². The molecule has 2 atom stereocenters. The number of hydrogen-bond acceptors (Lipinski definition) is 4. The van der Waals surface area contributed by atoms with Crippen LogP contribution in [0, 0.1) is 12.8 Å². The van der Waals surface area contributed by atoms with Gasteiger partial charge in [0.2, 0.25) is 11.8 Å². The normalized spacial score (nSPS) is 22.8. The second-order valence-electron chi connectivity index (χ2n) is 4.58. The van der Waals surface area contributed by atoms with Crippen LogP contribution in [0.1, 0.15) is 25.0 Å². The van der Waals surface area contributed by atoms with Crippen LogP contribution in [0.15, 0.2) is 12.1 Å². The highest BCUT2D eigenvalue weighted by molar-refractivity contribution is 5.93. The van der Waals surface area contributed by atoms with Gasteiger partial charge in [-0.1, -0.05) is 0 Å². The summed E-state index contributed by atoms with van der Waals surface area (Å²) in [6, 6.07) is 3.47. The molecule has 5 nitrogen and oxygen atoms in total. The van der Waals surface area contributed by atoms with E-state index in [0.717, 1.165) is 12.8 Å². The third kappa shape index (κ3) is 2.61. The molecule has 1 aliphatic rings. The number of aryl methyl sites for hydroxylation is 1. The van der Waals surface area contributed by atoms with Crippen LogP contribution in [-0.4, -0.2) is 29.2 Å². The summed E-state index contributed by atoms with van der Waals surface area (Å²) in [6.45, 7) is 1.81. The molecule has 0 saturated heterocycles. The van der Waals surface area contributed by atoms with E-state index in [2.05, 4.69) is 10.3 Å². The molecule has 0 aliphatic heterocycles. The third-order valence-corrected chi connectivity index (χ3v) is 3.34. The predicted octanol–water partition coefficient (Wildman–Crippen LogP) is 1.50. The van der Waals surface area contributed by atoms with Crippen molar-refractivity contribution < 1.29 is 14.6 Å². The van der Waals surface area contributed by atoms with Crippen molar-refractivity contribution in [3.05, 3.63) is 17.8 Å². The number of anilines is 1. The summed E-state index contributed by atoms with van der Waals surface area (Å²) in [5, 5.41) is 12.5. The Hall–Kier alpha value is -1.62. The highest BCUT2D eigenvalue weighted by atomic mass is 16.5. The number of nitrogens with zero attached hydrogens (tertiary/aromatic N) is 1. The molecule has 0 aromatic carbocycles. The molecule has 2 N–H and O–H groups in total. The summed E-state index contributed by atoms with van der Waals surface area (Å²) in [7, 11) is 1.55. The number of nitrogens with one attached hydrogen (secondary N) is 1. The molecule has 5 heteroatoms. The van der Waals surface area contributed by atoms with Gasteiger partial charge < -0.3 is 15.2 Å². The van der Waals surface area contributed by atoms with E-state index in [1.807, 2.05) is 6.92 Å². The van der Waals surface area contributed by atoms with Crippen LogP contribution < -0.4 is 10.1 Å². The topological polar surface area (TPSA) is 71.5 Å². The second-order valence-corrected chi connectivity index (χ2v) is 4.58. The molecular weight excluding hydrogens is 232 g/mol. The van der Waals surface area contributed by atoms with Crippen molar-refractivity contribution in [2.24, 2.45) is 5.92 Å². The van der Waals surface area contributed by atoms with E-state index in [1.54, 1.807) is 19.2 Å². The van der Waals surface area contributed by atoms with E-state index in [9.17, 15) is 9.90 Å². The maximum absolute atomic E-state index is 12.0. The summed E-state index contributed by atoms with van der Waals surface area (Å²) < 4.78 is 5.01. The van der Waals surface area contributed by atoms with Crippen LogP contribution >= 0.6 is 0 Å². The first-order chi connectivity index (χ1) is 8.61. The molecule has 0 bridgehead atoms. The quantitative estimate of drug-likeness (QED) is 0.852. The molecule has 2 unspecified atom stereocenters. The van der Waals surface area contributed by atoms with Crippen molar-refractivity contribution >= 4 is 11.6 Å². The average molecular weight is 250 g/mol. The molecule has 1 heterocycles. The third-order valence-electron chi connectivity index (χ3n) is 3.34. The van der Waals surface area contributed by atoms with Gasteiger partial charge in [0.05, 0.1) is 30.5 Å². The minimum Gasteiger partial charge on any atom is -0.481 e. The fourth-order valence-corrected chi connectivity index (χ4v) is 2.26. The minimum absolute atomic E-state index is 0.130. The number of hydrogen-bond donors (Lipinski definition) is 2. The van der Waals surface area contributed by atoms with E-state index in [4.69, 9.17) is 4.74 Å². The highest BCUT2D eigenvalue weighted by Gasteiger charge is 2.31. The number of aliphatic hydroxyl groups is 1. The molecule has 1 aliphatic carbocycles. The maximum atomic E-state index is 12.0. The molecule has 1 amide bonds. The van der Waals surface area contributed by atoms with Gasteiger partial charge in [0, 0.05) is 6.07 Å². The van der Waals surface area contributed by atoms with Gasteiger partial charge in [-0.05, 0) is 32.3 Å². The Balaban J connectivity index is 2.07. The number of aromatic nitrogens is 1. The lowest BCUT2D eigenvalue weighted by Gasteiger charge is -2.15. The van der Waals surface area contributed by atoms with Crippen molar-refractivity contribution in [2.45, 2.75) is 32.3 Å². The van der Waals surface area contributed by atoms with Gasteiger partial charge in [-0.15, -0.1) is 0 Å². The molecule has 98 valence electrons. The van der Waals surface area contributed by atoms with Crippen molar-refractivity contribution in [1.82, 2.24) is 4.98 Å². The summed E-state index contributed by atoms with van der Waals surface area (Å²) in [5.41, 5.74) is 1.37. The van der Waals surface area contributed by atoms with Crippen LogP contribution in [-0.2, 0) is 4.79 Å². The van der Waals surface area contributed by atoms with Gasteiger partial charge in [0.15, 0.2) is 0 Å². The number of methoxy groups -OCH3 is 1. The Bertz CT molecular complexity index is 448. The molecule has 1 saturated carbocycles. The Kier molecular flexibility index (Phi) is 3.81. The molecule has 18 heavy (non-hydrogen) atoms. The average Bonchev–Trinajstić information content (AvgIpc) is 2.78. The standard InChI is InChI=1S/C13H18N2O3/c1-8-10(6-7-12(14-8)18-2)15-13(17)9-4-3-5-11(9)16/h6-7,9,11,16H,3-5H2,1-2H3,(H,15,17). The van der Waals surface area contributed by atoms with Gasteiger partial charge in [0.25, 0.3) is 0 Å². The van der Waals surface area contributed by atoms with E-state index in [1.165, 1.54) is 0 Å². The zero-order valence-corrected chi connectivity index (χ0v) is 10.6. The van der Waals surface area contributed by atoms with Crippen LogP contribution in [0.3, 0.4) is 0 Å². The van der Waals surface area contributed by atoms with Crippen molar-refractivity contribution in [3.63, 3.8) is 0 Å². The lowest BCUT2D eigenvalue weighted by molar-refractivity contribution is -0.122. The second kappa shape index (κ2) is 5.35. The summed E-state index contributed by atoms with van der Waals surface area (Å²) in [4.78, 5) is 16.2. The summed E-state index contributed by atoms with van der Waals surface area (Å²) in [5.74, 6) is 0.0907. The Morgan fingerprint density at radius 1 is 1.50 bits per heavy atom. The van der Waals surface area contributed by atoms with Gasteiger partial charge in [-0.25, -0.2) is 4.98 Å². The lowest BCUT2D eigenvalue weighted by Crippen LogP contribution is -2.29. The van der Waals surface area contributed by atoms with Gasteiger partial charge in [-0.2, -0.15) is 0 Å². The van der Waals surface area contributed by atoms with Gasteiger partial charge >= 0.3 is 0 Å². The fourth-order valence-electron chi connectivity index (χ4n) is 2.26. The molecular formula is C13H18N2O3. The van der Waals surface area contributed by atoms with E-state index in [-0.39, 0.29) is 11.8 Å². The smallest absolute Gasteiger partial charge is 0.230 e. The number of aliphatic hydroxyl groups excluding tert-OH is 1. The molecule has 1 fully saturated rings. The first kappa shape index (κ1) is 12.8. The Labute approximate surface area is 106 Å². The van der Waals surface area contributed by atoms with Crippen molar-refractivity contribution in [3.8, 4) is 5.88 Å². The number of carbonyl (C=O) groups is 1. The van der Waals surface area contributed by atoms with Crippen molar-refractivity contribution in [1.29, 1.82) is 0 Å². The van der Waals surface area contributed by atoms with Gasteiger partial charge in [-0.3, -0.25) is 4.79 Å². The Morgan fingerprint density at radius 3 is 2.83 bits per heavy atom. The molecule has 1 aromatic heterocycles. The molecule has 2 rings (SSSR count).